The zero-order valence-electron chi connectivity index (χ0n) is 11.3. The first-order chi connectivity index (χ1) is 9.54. The fourth-order valence-electron chi connectivity index (χ4n) is 1.85. The normalized spacial score (nSPS) is 10.5. The molecular weight excluding hydrogens is 320 g/mol. The summed E-state index contributed by atoms with van der Waals surface area (Å²) >= 11 is 3.34. The van der Waals surface area contributed by atoms with Crippen LogP contribution in [-0.4, -0.2) is 15.7 Å². The van der Waals surface area contributed by atoms with Crippen LogP contribution in [0.5, 0.6) is 0 Å². The van der Waals surface area contributed by atoms with Gasteiger partial charge in [-0.1, -0.05) is 6.07 Å². The van der Waals surface area contributed by atoms with Gasteiger partial charge in [0.2, 0.25) is 5.91 Å². The minimum atomic E-state index is -0.00933. The highest BCUT2D eigenvalue weighted by Crippen LogP contribution is 2.18. The van der Waals surface area contributed by atoms with Crippen molar-refractivity contribution in [2.24, 2.45) is 0 Å². The van der Waals surface area contributed by atoms with E-state index in [1.807, 2.05) is 29.9 Å². The van der Waals surface area contributed by atoms with Crippen molar-refractivity contribution < 1.29 is 4.79 Å². The third-order valence-electron chi connectivity index (χ3n) is 2.93. The van der Waals surface area contributed by atoms with E-state index in [4.69, 9.17) is 5.73 Å². The second kappa shape index (κ2) is 6.56. The Bertz CT molecular complexity index is 609. The van der Waals surface area contributed by atoms with Crippen molar-refractivity contribution in [2.75, 3.05) is 11.1 Å². The number of hydrogen-bond acceptors (Lipinski definition) is 3. The Kier molecular flexibility index (Phi) is 4.79. The maximum Gasteiger partial charge on any atom is 0.224 e. The average Bonchev–Trinajstić information content (AvgIpc) is 2.80. The summed E-state index contributed by atoms with van der Waals surface area (Å²) in [5, 5.41) is 7.03. The second-order valence-electron chi connectivity index (χ2n) is 4.65. The molecule has 2 rings (SSSR count). The number of benzene rings is 1. The topological polar surface area (TPSA) is 72.9 Å². The van der Waals surface area contributed by atoms with Gasteiger partial charge in [0.05, 0.1) is 10.7 Å². The fourth-order valence-corrected chi connectivity index (χ4v) is 2.18. The number of nitrogens with one attached hydrogen (secondary N) is 1. The van der Waals surface area contributed by atoms with Gasteiger partial charge in [-0.2, -0.15) is 5.10 Å². The molecule has 106 valence electrons. The van der Waals surface area contributed by atoms with Crippen molar-refractivity contribution in [3.63, 3.8) is 0 Å². The second-order valence-corrected chi connectivity index (χ2v) is 5.56. The Morgan fingerprint density at radius 1 is 1.50 bits per heavy atom. The van der Waals surface area contributed by atoms with Crippen LogP contribution < -0.4 is 11.1 Å². The molecule has 0 atom stereocenters. The van der Waals surface area contributed by atoms with E-state index in [1.165, 1.54) is 0 Å². The number of nitrogen functional groups attached to an aromatic ring is 1. The van der Waals surface area contributed by atoms with Gasteiger partial charge in [0.25, 0.3) is 0 Å². The van der Waals surface area contributed by atoms with Crippen LogP contribution in [0.4, 0.5) is 11.4 Å². The number of aromatic nitrogens is 2. The number of nitrogens with zero attached hydrogens (tertiary/aromatic N) is 2. The van der Waals surface area contributed by atoms with Crippen molar-refractivity contribution in [3.05, 3.63) is 40.6 Å². The number of nitrogens with two attached hydrogens (primary N) is 1. The van der Waals surface area contributed by atoms with Gasteiger partial charge >= 0.3 is 0 Å². The molecule has 2 aromatic rings. The van der Waals surface area contributed by atoms with Gasteiger partial charge in [0, 0.05) is 30.5 Å². The molecule has 0 saturated carbocycles. The van der Waals surface area contributed by atoms with E-state index in [2.05, 4.69) is 26.3 Å². The Morgan fingerprint density at radius 3 is 3.00 bits per heavy atom. The van der Waals surface area contributed by atoms with E-state index in [0.29, 0.717) is 12.1 Å². The first kappa shape index (κ1) is 14.6. The van der Waals surface area contributed by atoms with E-state index in [1.54, 1.807) is 12.3 Å². The maximum atomic E-state index is 11.9. The Balaban J connectivity index is 1.82. The van der Waals surface area contributed by atoms with E-state index >= 15 is 0 Å². The summed E-state index contributed by atoms with van der Waals surface area (Å²) < 4.78 is 2.75. The molecule has 0 unspecified atom stereocenters. The summed E-state index contributed by atoms with van der Waals surface area (Å²) in [6, 6.07) is 5.49. The molecule has 0 bridgehead atoms. The van der Waals surface area contributed by atoms with E-state index < -0.39 is 0 Å². The number of hydrogen-bond donors (Lipinski definition) is 2. The standard InChI is InChI=1S/C14H17BrN4O/c1-10-4-5-12(16)7-13(10)18-14(20)3-2-6-19-9-11(15)8-17-19/h4-5,7-9H,2-3,6,16H2,1H3,(H,18,20). The van der Waals surface area contributed by atoms with E-state index in [9.17, 15) is 4.79 Å². The van der Waals surface area contributed by atoms with Crippen molar-refractivity contribution in [1.29, 1.82) is 0 Å². The minimum absolute atomic E-state index is 0.00933. The summed E-state index contributed by atoms with van der Waals surface area (Å²) in [4.78, 5) is 11.9. The molecule has 1 amide bonds. The quantitative estimate of drug-likeness (QED) is 0.824. The zero-order chi connectivity index (χ0) is 14.5. The number of carbonyl (C=O) groups is 1. The lowest BCUT2D eigenvalue weighted by molar-refractivity contribution is -0.116. The molecule has 0 spiro atoms. The summed E-state index contributed by atoms with van der Waals surface area (Å²) in [5.74, 6) is -0.00933. The lowest BCUT2D eigenvalue weighted by Gasteiger charge is -2.09. The monoisotopic (exact) mass is 336 g/mol. The number of halogens is 1. The summed E-state index contributed by atoms with van der Waals surface area (Å²) in [6.45, 7) is 2.66. The molecule has 20 heavy (non-hydrogen) atoms. The zero-order valence-corrected chi connectivity index (χ0v) is 12.9. The lowest BCUT2D eigenvalue weighted by Crippen LogP contribution is -2.13. The molecule has 6 heteroatoms. The molecule has 0 aliphatic carbocycles. The largest absolute Gasteiger partial charge is 0.399 e. The number of amides is 1. The summed E-state index contributed by atoms with van der Waals surface area (Å²) in [7, 11) is 0. The van der Waals surface area contributed by atoms with Gasteiger partial charge in [-0.15, -0.1) is 0 Å². The van der Waals surface area contributed by atoms with E-state index in [0.717, 1.165) is 28.7 Å². The van der Waals surface area contributed by atoms with Crippen molar-refractivity contribution in [3.8, 4) is 0 Å². The average molecular weight is 337 g/mol. The van der Waals surface area contributed by atoms with E-state index in [-0.39, 0.29) is 5.91 Å². The fraction of sp³-hybridized carbons (Fsp3) is 0.286. The van der Waals surface area contributed by atoms with Crippen LogP contribution in [0.3, 0.4) is 0 Å². The first-order valence-electron chi connectivity index (χ1n) is 6.38. The molecule has 5 nitrogen and oxygen atoms in total. The predicted molar refractivity (Wildman–Crippen MR) is 83.4 cm³/mol. The third-order valence-corrected chi connectivity index (χ3v) is 3.34. The number of carbonyl (C=O) groups excluding carboxylic acids is 1. The van der Waals surface area contributed by atoms with Gasteiger partial charge in [0.1, 0.15) is 0 Å². The van der Waals surface area contributed by atoms with Gasteiger partial charge in [-0.25, -0.2) is 0 Å². The highest BCUT2D eigenvalue weighted by molar-refractivity contribution is 9.10. The first-order valence-corrected chi connectivity index (χ1v) is 7.18. The van der Waals surface area contributed by atoms with Crippen LogP contribution in [0.2, 0.25) is 0 Å². The molecule has 1 aromatic carbocycles. The molecule has 0 aliphatic heterocycles. The number of anilines is 2. The third kappa shape index (κ3) is 4.09. The highest BCUT2D eigenvalue weighted by Gasteiger charge is 2.05. The van der Waals surface area contributed by atoms with Gasteiger partial charge in [-0.3, -0.25) is 9.48 Å². The molecule has 0 saturated heterocycles. The minimum Gasteiger partial charge on any atom is -0.399 e. The number of rotatable bonds is 5. The maximum absolute atomic E-state index is 11.9. The van der Waals surface area contributed by atoms with Crippen LogP contribution in [0, 0.1) is 6.92 Å². The lowest BCUT2D eigenvalue weighted by atomic mass is 10.1. The van der Waals surface area contributed by atoms with Crippen molar-refractivity contribution in [2.45, 2.75) is 26.3 Å². The van der Waals surface area contributed by atoms with Gasteiger partial charge < -0.3 is 11.1 Å². The molecule has 1 heterocycles. The summed E-state index contributed by atoms with van der Waals surface area (Å²) in [5.41, 5.74) is 8.14. The Morgan fingerprint density at radius 2 is 2.30 bits per heavy atom. The van der Waals surface area contributed by atoms with Crippen molar-refractivity contribution in [1.82, 2.24) is 9.78 Å². The van der Waals surface area contributed by atoms with Crippen LogP contribution in [0.25, 0.3) is 0 Å². The van der Waals surface area contributed by atoms with Gasteiger partial charge in [0.15, 0.2) is 0 Å². The molecule has 1 aromatic heterocycles. The Labute approximate surface area is 126 Å². The Hall–Kier alpha value is -1.82. The highest BCUT2D eigenvalue weighted by atomic mass is 79.9. The number of aryl methyl sites for hydroxylation is 2. The SMILES string of the molecule is Cc1ccc(N)cc1NC(=O)CCCn1cc(Br)cn1. The summed E-state index contributed by atoms with van der Waals surface area (Å²) in [6.07, 6.45) is 4.81. The molecule has 0 aliphatic rings. The van der Waals surface area contributed by atoms with Crippen LogP contribution in [-0.2, 0) is 11.3 Å². The smallest absolute Gasteiger partial charge is 0.224 e. The molecule has 3 N–H and O–H groups in total. The van der Waals surface area contributed by atoms with Crippen LogP contribution in [0.15, 0.2) is 35.1 Å². The molecule has 0 fully saturated rings. The van der Waals surface area contributed by atoms with Crippen molar-refractivity contribution >= 4 is 33.2 Å². The predicted octanol–water partition coefficient (Wildman–Crippen LogP) is 2.96. The molecular formula is C14H17BrN4O. The van der Waals surface area contributed by atoms with Crippen LogP contribution >= 0.6 is 15.9 Å². The van der Waals surface area contributed by atoms with Crippen LogP contribution in [0.1, 0.15) is 18.4 Å². The molecule has 0 radical (unpaired) electrons. The van der Waals surface area contributed by atoms with Gasteiger partial charge in [-0.05, 0) is 47.0 Å².